The zero-order chi connectivity index (χ0) is 15.8. The Morgan fingerprint density at radius 2 is 1.96 bits per heavy atom. The number of nitrogens with zero attached hydrogens (tertiary/aromatic N) is 3. The maximum atomic E-state index is 11.1. The number of carbonyl (C=O) groups excluding carboxylic acids is 1. The van der Waals surface area contributed by atoms with Gasteiger partial charge in [-0.1, -0.05) is 6.42 Å². The van der Waals surface area contributed by atoms with Gasteiger partial charge in [0.25, 0.3) is 0 Å². The summed E-state index contributed by atoms with van der Waals surface area (Å²) >= 11 is 0. The van der Waals surface area contributed by atoms with Crippen LogP contribution in [0.3, 0.4) is 0 Å². The van der Waals surface area contributed by atoms with E-state index in [1.807, 2.05) is 7.05 Å². The topological polar surface area (TPSA) is 74.0 Å². The zero-order valence-electron chi connectivity index (χ0n) is 14.3. The summed E-state index contributed by atoms with van der Waals surface area (Å²) < 4.78 is 0. The Balaban J connectivity index is 0.00000264. The number of hydrogen-bond acceptors (Lipinski definition) is 3. The quantitative estimate of drug-likeness (QED) is 0.386. The van der Waals surface area contributed by atoms with Crippen LogP contribution in [0.25, 0.3) is 0 Å². The van der Waals surface area contributed by atoms with E-state index < -0.39 is 0 Å². The molecular formula is C16H32IN5O. The molecule has 0 spiro atoms. The van der Waals surface area contributed by atoms with Crippen LogP contribution >= 0.6 is 24.0 Å². The van der Waals surface area contributed by atoms with Gasteiger partial charge in [-0.15, -0.1) is 24.0 Å². The van der Waals surface area contributed by atoms with Gasteiger partial charge in [0.15, 0.2) is 5.96 Å². The van der Waals surface area contributed by atoms with Crippen molar-refractivity contribution in [3.63, 3.8) is 0 Å². The first-order valence-electron chi connectivity index (χ1n) is 8.65. The number of likely N-dealkylation sites (tertiary alicyclic amines) is 2. The number of piperidine rings is 2. The molecule has 1 atom stereocenters. The highest BCUT2D eigenvalue weighted by Crippen LogP contribution is 2.19. The highest BCUT2D eigenvalue weighted by atomic mass is 127. The van der Waals surface area contributed by atoms with E-state index in [1.165, 1.54) is 32.4 Å². The minimum atomic E-state index is -0.195. The second-order valence-corrected chi connectivity index (χ2v) is 6.50. The molecule has 7 heteroatoms. The molecule has 2 fully saturated rings. The van der Waals surface area contributed by atoms with Crippen molar-refractivity contribution in [3.05, 3.63) is 0 Å². The van der Waals surface area contributed by atoms with E-state index in [2.05, 4.69) is 20.1 Å². The van der Waals surface area contributed by atoms with E-state index in [1.54, 1.807) is 0 Å². The first kappa shape index (κ1) is 20.5. The molecule has 3 N–H and O–H groups in total. The number of primary amides is 1. The van der Waals surface area contributed by atoms with E-state index in [0.29, 0.717) is 12.3 Å². The van der Waals surface area contributed by atoms with Gasteiger partial charge in [-0.2, -0.15) is 0 Å². The van der Waals surface area contributed by atoms with Gasteiger partial charge in [-0.25, -0.2) is 0 Å². The van der Waals surface area contributed by atoms with Gasteiger partial charge in [-0.05, 0) is 44.7 Å². The van der Waals surface area contributed by atoms with Crippen LogP contribution in [0.1, 0.15) is 38.5 Å². The van der Waals surface area contributed by atoms with Gasteiger partial charge in [0, 0.05) is 39.6 Å². The summed E-state index contributed by atoms with van der Waals surface area (Å²) in [6, 6.07) is 0. The van der Waals surface area contributed by atoms with Gasteiger partial charge >= 0.3 is 0 Å². The van der Waals surface area contributed by atoms with Crippen molar-refractivity contribution in [2.75, 3.05) is 46.3 Å². The minimum absolute atomic E-state index is 0. The summed E-state index contributed by atoms with van der Waals surface area (Å²) in [5, 5.41) is 3.48. The maximum absolute atomic E-state index is 11.1. The van der Waals surface area contributed by atoms with Crippen molar-refractivity contribution in [2.24, 2.45) is 16.6 Å². The summed E-state index contributed by atoms with van der Waals surface area (Å²) in [5.74, 6) is 1.14. The van der Waals surface area contributed by atoms with Gasteiger partial charge in [0.05, 0.1) is 0 Å². The largest absolute Gasteiger partial charge is 0.370 e. The fourth-order valence-corrected chi connectivity index (χ4v) is 3.55. The van der Waals surface area contributed by atoms with Crippen LogP contribution in [0, 0.1) is 5.92 Å². The fraction of sp³-hybridized carbons (Fsp3) is 0.875. The predicted molar refractivity (Wildman–Crippen MR) is 105 cm³/mol. The van der Waals surface area contributed by atoms with E-state index >= 15 is 0 Å². The molecule has 0 bridgehead atoms. The van der Waals surface area contributed by atoms with Gasteiger partial charge in [-0.3, -0.25) is 9.79 Å². The van der Waals surface area contributed by atoms with E-state index in [0.717, 1.165) is 45.0 Å². The standard InChI is InChI=1S/C16H31N5O.HI/c1-18-16(19-7-11-20-8-3-2-4-9-20)21-10-5-6-14(13-21)12-15(17)22;/h14H,2-13H2,1H3,(H2,17,22)(H,18,19);1H. The smallest absolute Gasteiger partial charge is 0.217 e. The molecule has 1 amide bonds. The minimum Gasteiger partial charge on any atom is -0.370 e. The number of hydrogen-bond donors (Lipinski definition) is 2. The van der Waals surface area contributed by atoms with Crippen LogP contribution in [-0.4, -0.2) is 68.0 Å². The molecule has 2 saturated heterocycles. The van der Waals surface area contributed by atoms with Crippen LogP contribution < -0.4 is 11.1 Å². The van der Waals surface area contributed by atoms with Crippen molar-refractivity contribution in [1.29, 1.82) is 0 Å². The predicted octanol–water partition coefficient (Wildman–Crippen LogP) is 1.25. The number of rotatable bonds is 5. The summed E-state index contributed by atoms with van der Waals surface area (Å²) in [6.07, 6.45) is 6.71. The van der Waals surface area contributed by atoms with Crippen molar-refractivity contribution < 1.29 is 4.79 Å². The number of nitrogens with one attached hydrogen (secondary N) is 1. The molecule has 2 aliphatic heterocycles. The summed E-state index contributed by atoms with van der Waals surface area (Å²) in [5.41, 5.74) is 5.33. The first-order chi connectivity index (χ1) is 10.7. The summed E-state index contributed by atoms with van der Waals surface area (Å²) in [4.78, 5) is 20.3. The first-order valence-corrected chi connectivity index (χ1v) is 8.65. The van der Waals surface area contributed by atoms with Crippen LogP contribution in [0.2, 0.25) is 0 Å². The summed E-state index contributed by atoms with van der Waals surface area (Å²) in [6.45, 7) is 6.36. The highest BCUT2D eigenvalue weighted by Gasteiger charge is 2.23. The normalized spacial score (nSPS) is 23.3. The average Bonchev–Trinajstić information content (AvgIpc) is 2.52. The number of amides is 1. The SMILES string of the molecule is CN=C(NCCN1CCCCC1)N1CCCC(CC(N)=O)C1.I. The van der Waals surface area contributed by atoms with Gasteiger partial charge in [0.1, 0.15) is 0 Å². The van der Waals surface area contributed by atoms with E-state index in [-0.39, 0.29) is 29.9 Å². The maximum Gasteiger partial charge on any atom is 0.217 e. The number of carbonyl (C=O) groups is 1. The molecule has 0 aromatic carbocycles. The lowest BCUT2D eigenvalue weighted by Gasteiger charge is -2.35. The third-order valence-electron chi connectivity index (χ3n) is 4.68. The van der Waals surface area contributed by atoms with E-state index in [4.69, 9.17) is 5.73 Å². The highest BCUT2D eigenvalue weighted by molar-refractivity contribution is 14.0. The molecule has 0 aromatic rings. The van der Waals surface area contributed by atoms with Crippen LogP contribution in [-0.2, 0) is 4.79 Å². The summed E-state index contributed by atoms with van der Waals surface area (Å²) in [7, 11) is 1.83. The van der Waals surface area contributed by atoms with Crippen molar-refractivity contribution >= 4 is 35.8 Å². The monoisotopic (exact) mass is 437 g/mol. The Kier molecular flexibility index (Phi) is 9.85. The molecule has 2 aliphatic rings. The number of guanidine groups is 1. The molecule has 0 radical (unpaired) electrons. The fourth-order valence-electron chi connectivity index (χ4n) is 3.55. The Morgan fingerprint density at radius 3 is 2.61 bits per heavy atom. The lowest BCUT2D eigenvalue weighted by Crippen LogP contribution is -2.48. The molecule has 2 heterocycles. The molecule has 0 aromatic heterocycles. The number of aliphatic imine (C=N–C) groups is 1. The Hall–Kier alpha value is -0.570. The number of halogens is 1. The lowest BCUT2D eigenvalue weighted by atomic mass is 9.95. The average molecular weight is 437 g/mol. The van der Waals surface area contributed by atoms with Crippen LogP contribution in [0.15, 0.2) is 4.99 Å². The Bertz CT molecular complexity index is 385. The zero-order valence-corrected chi connectivity index (χ0v) is 16.6. The van der Waals surface area contributed by atoms with Gasteiger partial charge in [0.2, 0.25) is 5.91 Å². The van der Waals surface area contributed by atoms with Crippen molar-refractivity contribution in [1.82, 2.24) is 15.1 Å². The molecule has 0 saturated carbocycles. The molecular weight excluding hydrogens is 405 g/mol. The molecule has 23 heavy (non-hydrogen) atoms. The second kappa shape index (κ2) is 11.1. The molecule has 134 valence electrons. The molecule has 0 aliphatic carbocycles. The lowest BCUT2D eigenvalue weighted by molar-refractivity contribution is -0.119. The Morgan fingerprint density at radius 1 is 1.22 bits per heavy atom. The second-order valence-electron chi connectivity index (χ2n) is 6.50. The van der Waals surface area contributed by atoms with Crippen LogP contribution in [0.5, 0.6) is 0 Å². The van der Waals surface area contributed by atoms with Crippen molar-refractivity contribution in [3.8, 4) is 0 Å². The van der Waals surface area contributed by atoms with Gasteiger partial charge < -0.3 is 20.9 Å². The third kappa shape index (κ3) is 7.24. The number of nitrogens with two attached hydrogens (primary N) is 1. The Labute approximate surface area is 157 Å². The molecule has 1 unspecified atom stereocenters. The molecule has 2 rings (SSSR count). The van der Waals surface area contributed by atoms with E-state index in [9.17, 15) is 4.79 Å². The molecule has 6 nitrogen and oxygen atoms in total. The van der Waals surface area contributed by atoms with Crippen LogP contribution in [0.4, 0.5) is 0 Å². The van der Waals surface area contributed by atoms with Crippen molar-refractivity contribution in [2.45, 2.75) is 38.5 Å². The third-order valence-corrected chi connectivity index (χ3v) is 4.68.